The maximum absolute atomic E-state index is 12.7. The predicted octanol–water partition coefficient (Wildman–Crippen LogP) is 3.03. The van der Waals surface area contributed by atoms with E-state index in [1.54, 1.807) is 16.7 Å². The summed E-state index contributed by atoms with van der Waals surface area (Å²) in [6.07, 6.45) is 0. The molecule has 0 aliphatic heterocycles. The van der Waals surface area contributed by atoms with Crippen molar-refractivity contribution in [2.24, 2.45) is 7.05 Å². The summed E-state index contributed by atoms with van der Waals surface area (Å²) in [4.78, 5) is 29.9. The molecule has 1 aromatic carbocycles. The third-order valence-corrected chi connectivity index (χ3v) is 5.87. The van der Waals surface area contributed by atoms with Gasteiger partial charge >= 0.3 is 5.69 Å². The van der Waals surface area contributed by atoms with Gasteiger partial charge in [0.05, 0.1) is 12.2 Å². The number of thiophene rings is 1. The van der Waals surface area contributed by atoms with Crippen LogP contribution in [-0.2, 0) is 13.6 Å². The normalized spacial score (nSPS) is 11.0. The molecule has 0 unspecified atom stereocenters. The standard InChI is InChI=1S/C19H16N4O2S2/c1-22-18(24)15(14-11-27-17(21-14)13-7-8-26-10-13)16(20)23(19(22)25)9-12-5-3-2-4-6-12/h2-8,10-11H,9,20H2,1H3. The van der Waals surface area contributed by atoms with Gasteiger partial charge in [0.25, 0.3) is 5.56 Å². The Morgan fingerprint density at radius 1 is 1.11 bits per heavy atom. The van der Waals surface area contributed by atoms with Crippen LogP contribution in [0.4, 0.5) is 5.82 Å². The van der Waals surface area contributed by atoms with E-state index in [2.05, 4.69) is 4.98 Å². The van der Waals surface area contributed by atoms with Crippen molar-refractivity contribution in [1.82, 2.24) is 14.1 Å². The topological polar surface area (TPSA) is 82.9 Å². The average molecular weight is 396 g/mol. The van der Waals surface area contributed by atoms with Gasteiger partial charge in [0, 0.05) is 23.4 Å². The summed E-state index contributed by atoms with van der Waals surface area (Å²) in [7, 11) is 1.46. The molecule has 6 nitrogen and oxygen atoms in total. The summed E-state index contributed by atoms with van der Waals surface area (Å²) in [5.74, 6) is 0.133. The van der Waals surface area contributed by atoms with Crippen LogP contribution in [0.5, 0.6) is 0 Å². The minimum atomic E-state index is -0.446. The second-order valence-electron chi connectivity index (χ2n) is 6.03. The number of rotatable bonds is 4. The number of nitrogen functional groups attached to an aromatic ring is 1. The molecule has 0 fully saturated rings. The van der Waals surface area contributed by atoms with Crippen LogP contribution < -0.4 is 17.0 Å². The molecule has 0 bridgehead atoms. The summed E-state index contributed by atoms with van der Waals surface area (Å²) in [5, 5.41) is 6.59. The van der Waals surface area contributed by atoms with Crippen molar-refractivity contribution in [2.45, 2.75) is 6.54 Å². The van der Waals surface area contributed by atoms with Crippen LogP contribution in [0.3, 0.4) is 0 Å². The van der Waals surface area contributed by atoms with Crippen LogP contribution in [-0.4, -0.2) is 14.1 Å². The van der Waals surface area contributed by atoms with E-state index in [0.717, 1.165) is 20.7 Å². The third-order valence-electron chi connectivity index (χ3n) is 4.30. The van der Waals surface area contributed by atoms with Gasteiger partial charge in [-0.25, -0.2) is 9.78 Å². The first-order chi connectivity index (χ1) is 13.1. The summed E-state index contributed by atoms with van der Waals surface area (Å²) >= 11 is 3.03. The van der Waals surface area contributed by atoms with Gasteiger partial charge in [0.15, 0.2) is 0 Å². The average Bonchev–Trinajstić information content (AvgIpc) is 3.36. The summed E-state index contributed by atoms with van der Waals surface area (Å²) in [6.45, 7) is 0.286. The second kappa shape index (κ2) is 6.98. The number of nitrogens with two attached hydrogens (primary N) is 1. The molecule has 4 rings (SSSR count). The van der Waals surface area contributed by atoms with E-state index in [0.29, 0.717) is 5.69 Å². The molecule has 8 heteroatoms. The molecule has 0 aliphatic rings. The Kier molecular flexibility index (Phi) is 4.51. The quantitative estimate of drug-likeness (QED) is 0.575. The van der Waals surface area contributed by atoms with E-state index in [1.165, 1.54) is 23.0 Å². The van der Waals surface area contributed by atoms with Crippen LogP contribution in [0.1, 0.15) is 5.56 Å². The summed E-state index contributed by atoms with van der Waals surface area (Å²) < 4.78 is 2.49. The van der Waals surface area contributed by atoms with E-state index in [-0.39, 0.29) is 17.9 Å². The number of thiazole rings is 1. The number of anilines is 1. The van der Waals surface area contributed by atoms with Crippen molar-refractivity contribution in [2.75, 3.05) is 5.73 Å². The lowest BCUT2D eigenvalue weighted by molar-refractivity contribution is 0.657. The zero-order chi connectivity index (χ0) is 19.0. The zero-order valence-corrected chi connectivity index (χ0v) is 16.1. The Hall–Kier alpha value is -2.97. The van der Waals surface area contributed by atoms with Crippen molar-refractivity contribution in [1.29, 1.82) is 0 Å². The molecule has 27 heavy (non-hydrogen) atoms. The van der Waals surface area contributed by atoms with Gasteiger partial charge in [-0.3, -0.25) is 13.9 Å². The highest BCUT2D eigenvalue weighted by atomic mass is 32.1. The van der Waals surface area contributed by atoms with E-state index < -0.39 is 11.2 Å². The molecule has 2 N–H and O–H groups in total. The highest BCUT2D eigenvalue weighted by Gasteiger charge is 2.20. The Morgan fingerprint density at radius 3 is 2.59 bits per heavy atom. The fraction of sp³-hybridized carbons (Fsp3) is 0.105. The zero-order valence-electron chi connectivity index (χ0n) is 14.5. The molecule has 0 saturated carbocycles. The first-order valence-corrected chi connectivity index (χ1v) is 10.00. The lowest BCUT2D eigenvalue weighted by Gasteiger charge is -2.14. The number of benzene rings is 1. The Bertz CT molecular complexity index is 1200. The minimum Gasteiger partial charge on any atom is -0.384 e. The van der Waals surface area contributed by atoms with Gasteiger partial charge in [-0.2, -0.15) is 11.3 Å². The van der Waals surface area contributed by atoms with Gasteiger partial charge in [0.2, 0.25) is 0 Å². The monoisotopic (exact) mass is 396 g/mol. The SMILES string of the molecule is Cn1c(=O)c(-c2csc(-c3ccsc3)n2)c(N)n(Cc2ccccc2)c1=O. The van der Waals surface area contributed by atoms with Crippen LogP contribution in [0, 0.1) is 0 Å². The second-order valence-corrected chi connectivity index (χ2v) is 7.67. The maximum Gasteiger partial charge on any atom is 0.332 e. The largest absolute Gasteiger partial charge is 0.384 e. The van der Waals surface area contributed by atoms with E-state index in [9.17, 15) is 9.59 Å². The number of aromatic nitrogens is 3. The molecular weight excluding hydrogens is 380 g/mol. The molecule has 0 atom stereocenters. The summed E-state index contributed by atoms with van der Waals surface area (Å²) in [6, 6.07) is 11.5. The molecule has 3 heterocycles. The highest BCUT2D eigenvalue weighted by molar-refractivity contribution is 7.14. The molecule has 4 aromatic rings. The van der Waals surface area contributed by atoms with E-state index in [4.69, 9.17) is 5.73 Å². The molecule has 136 valence electrons. The molecule has 0 saturated heterocycles. The van der Waals surface area contributed by atoms with Crippen molar-refractivity contribution in [3.63, 3.8) is 0 Å². The van der Waals surface area contributed by atoms with Crippen LogP contribution in [0.25, 0.3) is 21.8 Å². The minimum absolute atomic E-state index is 0.133. The maximum atomic E-state index is 12.7. The number of nitrogens with zero attached hydrogens (tertiary/aromatic N) is 3. The first-order valence-electron chi connectivity index (χ1n) is 8.18. The predicted molar refractivity (Wildman–Crippen MR) is 110 cm³/mol. The first kappa shape index (κ1) is 17.4. The van der Waals surface area contributed by atoms with Gasteiger partial charge < -0.3 is 5.73 Å². The molecule has 0 radical (unpaired) electrons. The smallest absolute Gasteiger partial charge is 0.332 e. The van der Waals surface area contributed by atoms with E-state index in [1.807, 2.05) is 47.2 Å². The highest BCUT2D eigenvalue weighted by Crippen LogP contribution is 2.30. The van der Waals surface area contributed by atoms with Crippen LogP contribution in [0.2, 0.25) is 0 Å². The van der Waals surface area contributed by atoms with E-state index >= 15 is 0 Å². The lowest BCUT2D eigenvalue weighted by Crippen LogP contribution is -2.40. The number of hydrogen-bond donors (Lipinski definition) is 1. The van der Waals surface area contributed by atoms with Gasteiger partial charge in [-0.05, 0) is 17.0 Å². The molecule has 3 aromatic heterocycles. The number of hydrogen-bond acceptors (Lipinski definition) is 6. The Morgan fingerprint density at radius 2 is 1.89 bits per heavy atom. The van der Waals surface area contributed by atoms with Crippen molar-refractivity contribution in [3.05, 3.63) is 78.9 Å². The van der Waals surface area contributed by atoms with Crippen LogP contribution in [0.15, 0.2) is 62.1 Å². The van der Waals surface area contributed by atoms with Gasteiger partial charge in [-0.1, -0.05) is 30.3 Å². The lowest BCUT2D eigenvalue weighted by atomic mass is 10.2. The Balaban J connectivity index is 1.86. The van der Waals surface area contributed by atoms with Crippen molar-refractivity contribution in [3.8, 4) is 21.8 Å². The molecular formula is C19H16N4O2S2. The van der Waals surface area contributed by atoms with Gasteiger partial charge in [0.1, 0.15) is 16.4 Å². The summed E-state index contributed by atoms with van der Waals surface area (Å²) in [5.41, 5.74) is 8.06. The third kappa shape index (κ3) is 3.13. The molecule has 0 spiro atoms. The van der Waals surface area contributed by atoms with Crippen LogP contribution >= 0.6 is 22.7 Å². The fourth-order valence-corrected chi connectivity index (χ4v) is 4.37. The molecule has 0 amide bonds. The Labute approximate surface area is 162 Å². The van der Waals surface area contributed by atoms with Crippen molar-refractivity contribution < 1.29 is 0 Å². The molecule has 0 aliphatic carbocycles. The van der Waals surface area contributed by atoms with Crippen molar-refractivity contribution >= 4 is 28.5 Å². The van der Waals surface area contributed by atoms with Gasteiger partial charge in [-0.15, -0.1) is 11.3 Å². The fourth-order valence-electron chi connectivity index (χ4n) is 2.85.